The van der Waals surface area contributed by atoms with Crippen molar-refractivity contribution in [3.8, 4) is 5.75 Å². The molecule has 0 aliphatic rings. The van der Waals surface area contributed by atoms with E-state index in [4.69, 9.17) is 9.84 Å². The van der Waals surface area contributed by atoms with Crippen LogP contribution in [0.1, 0.15) is 32.3 Å². The van der Waals surface area contributed by atoms with Crippen LogP contribution in [0.4, 0.5) is 0 Å². The van der Waals surface area contributed by atoms with E-state index in [1.165, 1.54) is 4.88 Å². The lowest BCUT2D eigenvalue weighted by molar-refractivity contribution is 0.280. The van der Waals surface area contributed by atoms with Crippen molar-refractivity contribution in [2.24, 2.45) is 0 Å². The standard InChI is InChI=1S/C15H19NO2S/c1-9-5-13(7-17)6-10(2)15(9)18-8-14-16-11(3)12(4)19-14/h5-6,17H,7-8H2,1-4H3. The quantitative estimate of drug-likeness (QED) is 0.930. The molecule has 2 aromatic rings. The lowest BCUT2D eigenvalue weighted by atomic mass is 10.1. The van der Waals surface area contributed by atoms with Crippen LogP contribution in [0.5, 0.6) is 5.75 Å². The second kappa shape index (κ2) is 5.72. The van der Waals surface area contributed by atoms with Gasteiger partial charge in [0.15, 0.2) is 0 Å². The minimum Gasteiger partial charge on any atom is -0.486 e. The van der Waals surface area contributed by atoms with E-state index >= 15 is 0 Å². The van der Waals surface area contributed by atoms with Crippen LogP contribution in [0.3, 0.4) is 0 Å². The Morgan fingerprint density at radius 1 is 1.16 bits per heavy atom. The maximum Gasteiger partial charge on any atom is 0.140 e. The van der Waals surface area contributed by atoms with Crippen LogP contribution in [-0.2, 0) is 13.2 Å². The molecule has 1 N–H and O–H groups in total. The average Bonchev–Trinajstić information content (AvgIpc) is 2.67. The summed E-state index contributed by atoms with van der Waals surface area (Å²) in [6.45, 7) is 8.65. The molecular formula is C15H19NO2S. The molecule has 2 rings (SSSR count). The predicted molar refractivity (Wildman–Crippen MR) is 77.8 cm³/mol. The molecule has 102 valence electrons. The van der Waals surface area contributed by atoms with Gasteiger partial charge in [-0.25, -0.2) is 4.98 Å². The van der Waals surface area contributed by atoms with Crippen molar-refractivity contribution < 1.29 is 9.84 Å². The van der Waals surface area contributed by atoms with Crippen LogP contribution in [0, 0.1) is 27.7 Å². The fourth-order valence-electron chi connectivity index (χ4n) is 2.09. The van der Waals surface area contributed by atoms with E-state index in [1.807, 2.05) is 32.9 Å². The Morgan fingerprint density at radius 2 is 1.79 bits per heavy atom. The second-order valence-electron chi connectivity index (χ2n) is 4.75. The Hall–Kier alpha value is -1.39. The number of aryl methyl sites for hydroxylation is 4. The fourth-order valence-corrected chi connectivity index (χ4v) is 2.94. The third-order valence-corrected chi connectivity index (χ3v) is 4.16. The second-order valence-corrected chi connectivity index (χ2v) is 6.04. The molecule has 1 heterocycles. The smallest absolute Gasteiger partial charge is 0.140 e. The Balaban J connectivity index is 2.15. The van der Waals surface area contributed by atoms with E-state index in [2.05, 4.69) is 11.9 Å². The summed E-state index contributed by atoms with van der Waals surface area (Å²) in [6.07, 6.45) is 0. The Bertz CT molecular complexity index is 547. The number of aliphatic hydroxyl groups excluding tert-OH is 1. The molecule has 19 heavy (non-hydrogen) atoms. The van der Waals surface area contributed by atoms with E-state index in [1.54, 1.807) is 11.3 Å². The molecule has 0 bridgehead atoms. The molecule has 0 aliphatic heterocycles. The number of aliphatic hydroxyl groups is 1. The molecule has 1 aromatic heterocycles. The van der Waals surface area contributed by atoms with E-state index in [0.717, 1.165) is 33.1 Å². The molecule has 0 saturated heterocycles. The van der Waals surface area contributed by atoms with E-state index in [-0.39, 0.29) is 6.61 Å². The highest BCUT2D eigenvalue weighted by atomic mass is 32.1. The molecule has 0 amide bonds. The summed E-state index contributed by atoms with van der Waals surface area (Å²) >= 11 is 1.68. The van der Waals surface area contributed by atoms with E-state index in [0.29, 0.717) is 6.61 Å². The van der Waals surface area contributed by atoms with Crippen LogP contribution in [0.25, 0.3) is 0 Å². The lowest BCUT2D eigenvalue weighted by Crippen LogP contribution is -2.00. The highest BCUT2D eigenvalue weighted by molar-refractivity contribution is 7.11. The molecule has 0 saturated carbocycles. The summed E-state index contributed by atoms with van der Waals surface area (Å²) in [5, 5.41) is 10.2. The van der Waals surface area contributed by atoms with Gasteiger partial charge in [-0.05, 0) is 44.4 Å². The first-order chi connectivity index (χ1) is 9.01. The third-order valence-electron chi connectivity index (χ3n) is 3.12. The summed E-state index contributed by atoms with van der Waals surface area (Å²) < 4.78 is 5.89. The van der Waals surface area contributed by atoms with Gasteiger partial charge in [0.05, 0.1) is 12.3 Å². The lowest BCUT2D eigenvalue weighted by Gasteiger charge is -2.12. The molecule has 0 unspecified atom stereocenters. The number of aromatic nitrogens is 1. The van der Waals surface area contributed by atoms with Crippen molar-refractivity contribution in [2.45, 2.75) is 40.9 Å². The Labute approximate surface area is 117 Å². The maximum atomic E-state index is 9.17. The summed E-state index contributed by atoms with van der Waals surface area (Å²) in [5.41, 5.74) is 4.10. The first-order valence-electron chi connectivity index (χ1n) is 6.28. The van der Waals surface area contributed by atoms with Gasteiger partial charge in [-0.3, -0.25) is 0 Å². The van der Waals surface area contributed by atoms with Gasteiger partial charge in [0.1, 0.15) is 17.4 Å². The normalized spacial score (nSPS) is 10.8. The van der Waals surface area contributed by atoms with Gasteiger partial charge in [0.2, 0.25) is 0 Å². The molecule has 4 heteroatoms. The van der Waals surface area contributed by atoms with Crippen molar-refractivity contribution in [3.63, 3.8) is 0 Å². The van der Waals surface area contributed by atoms with Crippen molar-refractivity contribution in [2.75, 3.05) is 0 Å². The number of benzene rings is 1. The van der Waals surface area contributed by atoms with Crippen LogP contribution in [0.15, 0.2) is 12.1 Å². The van der Waals surface area contributed by atoms with Gasteiger partial charge in [-0.1, -0.05) is 12.1 Å². The first kappa shape index (κ1) is 14.0. The first-order valence-corrected chi connectivity index (χ1v) is 7.09. The molecule has 0 aliphatic carbocycles. The van der Waals surface area contributed by atoms with Crippen LogP contribution >= 0.6 is 11.3 Å². The van der Waals surface area contributed by atoms with Gasteiger partial charge < -0.3 is 9.84 Å². The zero-order valence-electron chi connectivity index (χ0n) is 11.8. The van der Waals surface area contributed by atoms with Crippen LogP contribution < -0.4 is 4.74 Å². The number of rotatable bonds is 4. The largest absolute Gasteiger partial charge is 0.486 e. The van der Waals surface area contributed by atoms with E-state index < -0.39 is 0 Å². The molecule has 3 nitrogen and oxygen atoms in total. The number of ether oxygens (including phenoxy) is 1. The number of hydrogen-bond acceptors (Lipinski definition) is 4. The summed E-state index contributed by atoms with van der Waals surface area (Å²) in [6, 6.07) is 3.92. The van der Waals surface area contributed by atoms with Crippen LogP contribution in [0.2, 0.25) is 0 Å². The highest BCUT2D eigenvalue weighted by Gasteiger charge is 2.09. The van der Waals surface area contributed by atoms with Gasteiger partial charge in [-0.2, -0.15) is 0 Å². The van der Waals surface area contributed by atoms with Crippen molar-refractivity contribution in [1.29, 1.82) is 0 Å². The van der Waals surface area contributed by atoms with Crippen LogP contribution in [-0.4, -0.2) is 10.1 Å². The van der Waals surface area contributed by atoms with Crippen molar-refractivity contribution in [1.82, 2.24) is 4.98 Å². The SMILES string of the molecule is Cc1cc(CO)cc(C)c1OCc1nc(C)c(C)s1. The van der Waals surface area contributed by atoms with Crippen molar-refractivity contribution >= 4 is 11.3 Å². The predicted octanol–water partition coefficient (Wildman–Crippen LogP) is 3.45. The van der Waals surface area contributed by atoms with Gasteiger partial charge in [0.25, 0.3) is 0 Å². The zero-order chi connectivity index (χ0) is 14.0. The fraction of sp³-hybridized carbons (Fsp3) is 0.400. The molecule has 0 spiro atoms. The average molecular weight is 277 g/mol. The van der Waals surface area contributed by atoms with Gasteiger partial charge in [-0.15, -0.1) is 11.3 Å². The number of thiazole rings is 1. The zero-order valence-corrected chi connectivity index (χ0v) is 12.6. The van der Waals surface area contributed by atoms with Crippen molar-refractivity contribution in [3.05, 3.63) is 44.4 Å². The summed E-state index contributed by atoms with van der Waals surface area (Å²) in [7, 11) is 0. The highest BCUT2D eigenvalue weighted by Crippen LogP contribution is 2.26. The molecule has 0 fully saturated rings. The minimum absolute atomic E-state index is 0.0623. The monoisotopic (exact) mass is 277 g/mol. The topological polar surface area (TPSA) is 42.4 Å². The Morgan fingerprint density at radius 3 is 2.26 bits per heavy atom. The third kappa shape index (κ3) is 3.14. The maximum absolute atomic E-state index is 9.17. The molecular weight excluding hydrogens is 258 g/mol. The van der Waals surface area contributed by atoms with Gasteiger partial charge >= 0.3 is 0 Å². The molecule has 0 atom stereocenters. The Kier molecular flexibility index (Phi) is 4.22. The minimum atomic E-state index is 0.0623. The molecule has 0 radical (unpaired) electrons. The summed E-state index contributed by atoms with van der Waals surface area (Å²) in [4.78, 5) is 5.71. The number of nitrogens with zero attached hydrogens (tertiary/aromatic N) is 1. The number of hydrogen-bond donors (Lipinski definition) is 1. The van der Waals surface area contributed by atoms with E-state index in [9.17, 15) is 0 Å². The molecule has 1 aromatic carbocycles. The summed E-state index contributed by atoms with van der Waals surface area (Å²) in [5.74, 6) is 0.891. The van der Waals surface area contributed by atoms with Gasteiger partial charge in [0, 0.05) is 4.88 Å².